The summed E-state index contributed by atoms with van der Waals surface area (Å²) < 4.78 is 28.4. The highest BCUT2D eigenvalue weighted by atomic mass is 32.2. The lowest BCUT2D eigenvalue weighted by Gasteiger charge is -2.26. The summed E-state index contributed by atoms with van der Waals surface area (Å²) in [6, 6.07) is 14.9. The highest BCUT2D eigenvalue weighted by Crippen LogP contribution is 2.43. The minimum Gasteiger partial charge on any atom is -0.379 e. The minimum atomic E-state index is -3.70. The largest absolute Gasteiger partial charge is 0.379 e. The number of rotatable bonds is 9. The molecule has 10 heteroatoms. The van der Waals surface area contributed by atoms with Gasteiger partial charge >= 0.3 is 0 Å². The van der Waals surface area contributed by atoms with E-state index >= 15 is 0 Å². The number of sulfonamides is 1. The van der Waals surface area contributed by atoms with E-state index in [1.807, 2.05) is 18.3 Å². The van der Waals surface area contributed by atoms with Crippen molar-refractivity contribution in [1.82, 2.24) is 14.9 Å². The molecule has 0 amide bonds. The van der Waals surface area contributed by atoms with E-state index in [0.717, 1.165) is 68.3 Å². The second-order valence-corrected chi connectivity index (χ2v) is 10.6. The van der Waals surface area contributed by atoms with E-state index in [0.29, 0.717) is 18.4 Å². The molecule has 4 N–H and O–H groups in total. The Morgan fingerprint density at radius 1 is 1.06 bits per heavy atom. The van der Waals surface area contributed by atoms with Crippen LogP contribution in [0.2, 0.25) is 0 Å². The van der Waals surface area contributed by atoms with Crippen molar-refractivity contribution in [3.63, 3.8) is 0 Å². The van der Waals surface area contributed by atoms with Gasteiger partial charge in [0.2, 0.25) is 16.0 Å². The van der Waals surface area contributed by atoms with Crippen LogP contribution in [-0.2, 0) is 27.8 Å². The van der Waals surface area contributed by atoms with E-state index in [2.05, 4.69) is 32.7 Å². The Kier molecular flexibility index (Phi) is 6.96. The van der Waals surface area contributed by atoms with Gasteiger partial charge in [-0.15, -0.1) is 0 Å². The van der Waals surface area contributed by atoms with Crippen molar-refractivity contribution in [3.8, 4) is 0 Å². The average molecular weight is 495 g/mol. The summed E-state index contributed by atoms with van der Waals surface area (Å²) in [7, 11) is -3.70. The number of ether oxygens (including phenoxy) is 1. The molecule has 3 aromatic rings. The highest BCUT2D eigenvalue weighted by Gasteiger charge is 2.27. The van der Waals surface area contributed by atoms with Crippen LogP contribution in [0.15, 0.2) is 59.6 Å². The topological polar surface area (TPSA) is 122 Å². The molecule has 0 radical (unpaired) electrons. The van der Waals surface area contributed by atoms with Crippen molar-refractivity contribution in [2.45, 2.75) is 36.7 Å². The summed E-state index contributed by atoms with van der Waals surface area (Å²) in [5.74, 6) is 1.81. The maximum Gasteiger partial charge on any atom is 0.238 e. The van der Waals surface area contributed by atoms with E-state index in [1.54, 1.807) is 12.1 Å². The first-order valence-electron chi connectivity index (χ1n) is 11.8. The lowest BCUT2D eigenvalue weighted by molar-refractivity contribution is 0.0342. The van der Waals surface area contributed by atoms with Crippen LogP contribution in [0.4, 0.5) is 17.5 Å². The number of benzene rings is 2. The zero-order valence-corrected chi connectivity index (χ0v) is 20.3. The lowest BCUT2D eigenvalue weighted by atomic mass is 10.1. The summed E-state index contributed by atoms with van der Waals surface area (Å²) in [4.78, 5) is 11.8. The van der Waals surface area contributed by atoms with Crippen LogP contribution >= 0.6 is 0 Å². The molecule has 1 aliphatic carbocycles. The summed E-state index contributed by atoms with van der Waals surface area (Å²) in [5.41, 5.74) is 4.22. The molecular weight excluding hydrogens is 464 g/mol. The third-order valence-corrected chi connectivity index (χ3v) is 7.17. The van der Waals surface area contributed by atoms with Gasteiger partial charge in [-0.1, -0.05) is 24.3 Å². The SMILES string of the molecule is NS(=O)(=O)c1ccc(CNc2nc(Nc3cccc(CN4CCOCC4)c3)ncc2C2CC2)cc1. The Hall–Kier alpha value is -3.05. The van der Waals surface area contributed by atoms with Gasteiger partial charge in [-0.05, 0) is 54.2 Å². The van der Waals surface area contributed by atoms with Crippen LogP contribution in [0.5, 0.6) is 0 Å². The molecule has 2 fully saturated rings. The molecule has 184 valence electrons. The molecule has 0 spiro atoms. The number of hydrogen-bond acceptors (Lipinski definition) is 8. The maximum absolute atomic E-state index is 11.5. The predicted octanol–water partition coefficient (Wildman–Crippen LogP) is 3.19. The first-order chi connectivity index (χ1) is 16.9. The molecular formula is C25H30N6O3S. The van der Waals surface area contributed by atoms with Gasteiger partial charge in [-0.2, -0.15) is 4.98 Å². The number of primary sulfonamides is 1. The number of hydrogen-bond donors (Lipinski definition) is 3. The van der Waals surface area contributed by atoms with Crippen molar-refractivity contribution in [2.75, 3.05) is 36.9 Å². The maximum atomic E-state index is 11.5. The number of aromatic nitrogens is 2. The van der Waals surface area contributed by atoms with Crippen LogP contribution in [0.1, 0.15) is 35.4 Å². The Morgan fingerprint density at radius 3 is 2.54 bits per heavy atom. The minimum absolute atomic E-state index is 0.101. The number of morpholine rings is 1. The van der Waals surface area contributed by atoms with Crippen LogP contribution in [0.25, 0.3) is 0 Å². The molecule has 1 saturated heterocycles. The number of nitrogens with two attached hydrogens (primary N) is 1. The smallest absolute Gasteiger partial charge is 0.238 e. The number of nitrogens with zero attached hydrogens (tertiary/aromatic N) is 3. The van der Waals surface area contributed by atoms with E-state index < -0.39 is 10.0 Å². The number of nitrogens with one attached hydrogen (secondary N) is 2. The normalized spacial score (nSPS) is 16.7. The Labute approximate surface area is 205 Å². The molecule has 1 saturated carbocycles. The zero-order chi connectivity index (χ0) is 24.3. The highest BCUT2D eigenvalue weighted by molar-refractivity contribution is 7.89. The summed E-state index contributed by atoms with van der Waals surface area (Å²) >= 11 is 0. The van der Waals surface area contributed by atoms with Crippen LogP contribution in [-0.4, -0.2) is 49.6 Å². The Bertz CT molecular complexity index is 1270. The van der Waals surface area contributed by atoms with Crippen LogP contribution in [0, 0.1) is 0 Å². The van der Waals surface area contributed by atoms with E-state index in [1.165, 1.54) is 17.7 Å². The molecule has 0 unspecified atom stereocenters. The monoisotopic (exact) mass is 494 g/mol. The van der Waals surface area contributed by atoms with Gasteiger partial charge < -0.3 is 15.4 Å². The van der Waals surface area contributed by atoms with Gasteiger partial charge in [0.05, 0.1) is 18.1 Å². The predicted molar refractivity (Wildman–Crippen MR) is 135 cm³/mol. The van der Waals surface area contributed by atoms with Crippen molar-refractivity contribution < 1.29 is 13.2 Å². The van der Waals surface area contributed by atoms with Gasteiger partial charge in [-0.25, -0.2) is 18.5 Å². The standard InChI is InChI=1S/C25H30N6O3S/c26-35(32,33)22-8-4-18(5-9-22)15-27-24-23(20-6-7-20)16-28-25(30-24)29-21-3-1-2-19(14-21)17-31-10-12-34-13-11-31/h1-5,8-9,14,16,20H,6-7,10-13,15,17H2,(H2,26,32,33)(H2,27,28,29,30). The fourth-order valence-electron chi connectivity index (χ4n) is 4.16. The third-order valence-electron chi connectivity index (χ3n) is 6.24. The first-order valence-corrected chi connectivity index (χ1v) is 13.4. The van der Waals surface area contributed by atoms with Gasteiger partial charge in [0.15, 0.2) is 0 Å². The van der Waals surface area contributed by atoms with Crippen molar-refractivity contribution in [1.29, 1.82) is 0 Å². The molecule has 2 aliphatic rings. The molecule has 1 aromatic heterocycles. The van der Waals surface area contributed by atoms with Crippen LogP contribution < -0.4 is 15.8 Å². The van der Waals surface area contributed by atoms with Gasteiger partial charge in [0.1, 0.15) is 5.82 Å². The fraction of sp³-hybridized carbons (Fsp3) is 0.360. The van der Waals surface area contributed by atoms with Crippen LogP contribution in [0.3, 0.4) is 0 Å². The lowest BCUT2D eigenvalue weighted by Crippen LogP contribution is -2.35. The average Bonchev–Trinajstić information content (AvgIpc) is 3.69. The van der Waals surface area contributed by atoms with Crippen molar-refractivity contribution in [3.05, 3.63) is 71.4 Å². The second-order valence-electron chi connectivity index (χ2n) is 9.03. The van der Waals surface area contributed by atoms with Gasteiger partial charge in [-0.3, -0.25) is 4.90 Å². The molecule has 2 heterocycles. The van der Waals surface area contributed by atoms with Gasteiger partial charge in [0.25, 0.3) is 0 Å². The zero-order valence-electron chi connectivity index (χ0n) is 19.5. The Morgan fingerprint density at radius 2 is 1.83 bits per heavy atom. The molecule has 0 atom stereocenters. The molecule has 1 aliphatic heterocycles. The summed E-state index contributed by atoms with van der Waals surface area (Å²) in [5, 5.41) is 11.9. The molecule has 5 rings (SSSR count). The molecule has 9 nitrogen and oxygen atoms in total. The summed E-state index contributed by atoms with van der Waals surface area (Å²) in [6.07, 6.45) is 4.17. The second kappa shape index (κ2) is 10.3. The first kappa shape index (κ1) is 23.7. The van der Waals surface area contributed by atoms with E-state index in [9.17, 15) is 8.42 Å². The fourth-order valence-corrected chi connectivity index (χ4v) is 4.68. The van der Waals surface area contributed by atoms with Gasteiger partial charge in [0, 0.05) is 43.6 Å². The van der Waals surface area contributed by atoms with Crippen molar-refractivity contribution in [2.24, 2.45) is 5.14 Å². The number of anilines is 3. The van der Waals surface area contributed by atoms with E-state index in [-0.39, 0.29) is 4.90 Å². The summed E-state index contributed by atoms with van der Waals surface area (Å²) in [6.45, 7) is 4.86. The van der Waals surface area contributed by atoms with E-state index in [4.69, 9.17) is 14.9 Å². The van der Waals surface area contributed by atoms with Crippen molar-refractivity contribution >= 4 is 27.5 Å². The quantitative estimate of drug-likeness (QED) is 0.415. The molecule has 35 heavy (non-hydrogen) atoms. The molecule has 0 bridgehead atoms. The third kappa shape index (κ3) is 6.34. The molecule has 2 aromatic carbocycles. The Balaban J connectivity index is 1.28.